The molecule has 1 aromatic carbocycles. The molecule has 2 rings (SSSR count). The summed E-state index contributed by atoms with van der Waals surface area (Å²) >= 11 is 3.56. The Bertz CT molecular complexity index is 365. The van der Waals surface area contributed by atoms with Crippen molar-refractivity contribution in [1.82, 2.24) is 5.32 Å². The Morgan fingerprint density at radius 2 is 2.33 bits per heavy atom. The minimum Gasteiger partial charge on any atom is -0.492 e. The van der Waals surface area contributed by atoms with Crippen molar-refractivity contribution in [2.75, 3.05) is 13.2 Å². The van der Waals surface area contributed by atoms with Crippen molar-refractivity contribution in [3.63, 3.8) is 0 Å². The fraction of sp³-hybridized carbons (Fsp3) is 0.500. The van der Waals surface area contributed by atoms with E-state index in [-0.39, 0.29) is 0 Å². The smallest absolute Gasteiger partial charge is 0.136 e. The molecule has 0 aromatic heterocycles. The van der Waals surface area contributed by atoms with Crippen LogP contribution in [0.5, 0.6) is 5.75 Å². The molecule has 82 valence electrons. The van der Waals surface area contributed by atoms with Crippen molar-refractivity contribution in [2.24, 2.45) is 0 Å². The van der Waals surface area contributed by atoms with Gasteiger partial charge in [-0.05, 0) is 46.6 Å². The van der Waals surface area contributed by atoms with Gasteiger partial charge >= 0.3 is 0 Å². The van der Waals surface area contributed by atoms with Gasteiger partial charge in [0.15, 0.2) is 0 Å². The summed E-state index contributed by atoms with van der Waals surface area (Å²) in [4.78, 5) is 0. The van der Waals surface area contributed by atoms with Gasteiger partial charge in [0.2, 0.25) is 0 Å². The number of fused-ring (bicyclic) bond motifs is 1. The van der Waals surface area contributed by atoms with Crippen LogP contribution in [-0.4, -0.2) is 13.2 Å². The Morgan fingerprint density at radius 3 is 3.07 bits per heavy atom. The van der Waals surface area contributed by atoms with E-state index in [0.29, 0.717) is 6.04 Å². The molecule has 0 saturated heterocycles. The molecule has 1 heterocycles. The molecule has 0 fully saturated rings. The Balaban J connectivity index is 2.30. The van der Waals surface area contributed by atoms with Gasteiger partial charge in [-0.1, -0.05) is 13.0 Å². The van der Waals surface area contributed by atoms with Crippen LogP contribution in [0.25, 0.3) is 0 Å². The lowest BCUT2D eigenvalue weighted by atomic mass is 10.0. The third kappa shape index (κ3) is 2.18. The Kier molecular flexibility index (Phi) is 3.32. The third-order valence-electron chi connectivity index (χ3n) is 2.77. The number of nitrogens with one attached hydrogen (secondary N) is 1. The maximum Gasteiger partial charge on any atom is 0.136 e. The maximum atomic E-state index is 5.56. The van der Waals surface area contributed by atoms with E-state index in [2.05, 4.69) is 47.2 Å². The van der Waals surface area contributed by atoms with Crippen molar-refractivity contribution < 1.29 is 4.74 Å². The number of hydrogen-bond donors (Lipinski definition) is 1. The van der Waals surface area contributed by atoms with Gasteiger partial charge in [-0.15, -0.1) is 0 Å². The summed E-state index contributed by atoms with van der Waals surface area (Å²) in [6.07, 6.45) is 1.03. The van der Waals surface area contributed by atoms with Gasteiger partial charge in [-0.3, -0.25) is 0 Å². The SMILES string of the molecule is CCN[C@H](C)c1cc(Br)c2c(c1)CCO2. The molecule has 1 aliphatic rings. The normalized spacial score (nSPS) is 15.9. The molecule has 1 aromatic rings. The number of hydrogen-bond acceptors (Lipinski definition) is 2. The van der Waals surface area contributed by atoms with Gasteiger partial charge in [0.25, 0.3) is 0 Å². The van der Waals surface area contributed by atoms with Gasteiger partial charge in [-0.25, -0.2) is 0 Å². The molecular formula is C12H16BrNO. The fourth-order valence-corrected chi connectivity index (χ4v) is 2.59. The molecule has 15 heavy (non-hydrogen) atoms. The molecule has 0 aliphatic carbocycles. The zero-order valence-corrected chi connectivity index (χ0v) is 10.7. The second-order valence-electron chi connectivity index (χ2n) is 3.87. The van der Waals surface area contributed by atoms with Crippen molar-refractivity contribution in [3.05, 3.63) is 27.7 Å². The standard InChI is InChI=1S/C12H16BrNO/c1-3-14-8(2)10-6-9-4-5-15-12(9)11(13)7-10/h6-8,14H,3-5H2,1-2H3/t8-/m1/s1. The predicted octanol–water partition coefficient (Wildman–Crippen LogP) is 3.05. The summed E-state index contributed by atoms with van der Waals surface area (Å²) in [6.45, 7) is 6.12. The van der Waals surface area contributed by atoms with E-state index < -0.39 is 0 Å². The molecule has 1 N–H and O–H groups in total. The van der Waals surface area contributed by atoms with Crippen LogP contribution in [0, 0.1) is 0 Å². The summed E-state index contributed by atoms with van der Waals surface area (Å²) < 4.78 is 6.64. The van der Waals surface area contributed by atoms with Crippen molar-refractivity contribution in [2.45, 2.75) is 26.3 Å². The predicted molar refractivity (Wildman–Crippen MR) is 65.4 cm³/mol. The molecule has 0 spiro atoms. The van der Waals surface area contributed by atoms with Gasteiger partial charge in [0.1, 0.15) is 5.75 Å². The molecule has 0 amide bonds. The number of rotatable bonds is 3. The highest BCUT2D eigenvalue weighted by atomic mass is 79.9. The molecule has 0 unspecified atom stereocenters. The van der Waals surface area contributed by atoms with Crippen LogP contribution in [0.1, 0.15) is 31.0 Å². The largest absolute Gasteiger partial charge is 0.492 e. The van der Waals surface area contributed by atoms with Crippen LogP contribution in [0.15, 0.2) is 16.6 Å². The summed E-state index contributed by atoms with van der Waals surface area (Å²) in [5.41, 5.74) is 2.65. The van der Waals surface area contributed by atoms with Crippen molar-refractivity contribution in [3.8, 4) is 5.75 Å². The highest BCUT2D eigenvalue weighted by molar-refractivity contribution is 9.10. The molecule has 0 radical (unpaired) electrons. The van der Waals surface area contributed by atoms with Gasteiger partial charge in [-0.2, -0.15) is 0 Å². The quantitative estimate of drug-likeness (QED) is 0.911. The number of halogens is 1. The van der Waals surface area contributed by atoms with E-state index in [9.17, 15) is 0 Å². The van der Waals surface area contributed by atoms with Crippen LogP contribution in [0.4, 0.5) is 0 Å². The highest BCUT2D eigenvalue weighted by Gasteiger charge is 2.17. The topological polar surface area (TPSA) is 21.3 Å². The molecule has 1 aliphatic heterocycles. The number of benzene rings is 1. The Hall–Kier alpha value is -0.540. The van der Waals surface area contributed by atoms with Crippen molar-refractivity contribution in [1.29, 1.82) is 0 Å². The first-order valence-corrected chi connectivity index (χ1v) is 6.20. The van der Waals surface area contributed by atoms with E-state index in [4.69, 9.17) is 4.74 Å². The van der Waals surface area contributed by atoms with E-state index in [1.165, 1.54) is 11.1 Å². The monoisotopic (exact) mass is 269 g/mol. The Morgan fingerprint density at radius 1 is 1.53 bits per heavy atom. The first-order valence-electron chi connectivity index (χ1n) is 5.41. The summed E-state index contributed by atoms with van der Waals surface area (Å²) in [7, 11) is 0. The average molecular weight is 270 g/mol. The molecule has 0 saturated carbocycles. The van der Waals surface area contributed by atoms with E-state index >= 15 is 0 Å². The average Bonchev–Trinajstić information content (AvgIpc) is 2.66. The summed E-state index contributed by atoms with van der Waals surface area (Å²) in [5, 5.41) is 3.42. The van der Waals surface area contributed by atoms with Gasteiger partial charge in [0, 0.05) is 12.5 Å². The first kappa shape index (κ1) is 11.0. The van der Waals surface area contributed by atoms with Crippen molar-refractivity contribution >= 4 is 15.9 Å². The minimum absolute atomic E-state index is 0.400. The molecule has 2 nitrogen and oxygen atoms in total. The summed E-state index contributed by atoms with van der Waals surface area (Å²) in [6, 6.07) is 4.80. The highest BCUT2D eigenvalue weighted by Crippen LogP contribution is 2.36. The van der Waals surface area contributed by atoms with Crippen LogP contribution in [0.3, 0.4) is 0 Å². The Labute approximate surface area is 99.1 Å². The lowest BCUT2D eigenvalue weighted by Gasteiger charge is -2.14. The third-order valence-corrected chi connectivity index (χ3v) is 3.36. The molecule has 1 atom stereocenters. The minimum atomic E-state index is 0.400. The van der Waals surface area contributed by atoms with E-state index in [1.807, 2.05) is 0 Å². The van der Waals surface area contributed by atoms with E-state index in [1.54, 1.807) is 0 Å². The fourth-order valence-electron chi connectivity index (χ4n) is 1.96. The van der Waals surface area contributed by atoms with Crippen LogP contribution >= 0.6 is 15.9 Å². The van der Waals surface area contributed by atoms with Crippen LogP contribution in [0.2, 0.25) is 0 Å². The van der Waals surface area contributed by atoms with Gasteiger partial charge < -0.3 is 10.1 Å². The zero-order valence-electron chi connectivity index (χ0n) is 9.14. The lowest BCUT2D eigenvalue weighted by Crippen LogP contribution is -2.17. The molecular weight excluding hydrogens is 254 g/mol. The van der Waals surface area contributed by atoms with Gasteiger partial charge in [0.05, 0.1) is 11.1 Å². The molecule has 3 heteroatoms. The second-order valence-corrected chi connectivity index (χ2v) is 4.72. The lowest BCUT2D eigenvalue weighted by molar-refractivity contribution is 0.355. The zero-order chi connectivity index (χ0) is 10.8. The first-order chi connectivity index (χ1) is 7.22. The molecule has 0 bridgehead atoms. The van der Waals surface area contributed by atoms with Crippen LogP contribution in [-0.2, 0) is 6.42 Å². The summed E-state index contributed by atoms with van der Waals surface area (Å²) in [5.74, 6) is 1.03. The number of ether oxygens (including phenoxy) is 1. The van der Waals surface area contributed by atoms with E-state index in [0.717, 1.165) is 29.8 Å². The maximum absolute atomic E-state index is 5.56. The van der Waals surface area contributed by atoms with Crippen LogP contribution < -0.4 is 10.1 Å². The second kappa shape index (κ2) is 4.54.